The average Bonchev–Trinajstić information content (AvgIpc) is 3.31. The van der Waals surface area contributed by atoms with E-state index in [0.717, 1.165) is 5.56 Å². The first kappa shape index (κ1) is 19.2. The van der Waals surface area contributed by atoms with Gasteiger partial charge in [-0.3, -0.25) is 19.7 Å². The molecule has 2 N–H and O–H groups in total. The normalized spacial score (nSPS) is 19.9. The Morgan fingerprint density at radius 3 is 2.68 bits per heavy atom. The van der Waals surface area contributed by atoms with Crippen LogP contribution in [0.5, 0.6) is 0 Å². The van der Waals surface area contributed by atoms with Crippen molar-refractivity contribution in [3.05, 3.63) is 64.5 Å². The highest BCUT2D eigenvalue weighted by Gasteiger charge is 2.39. The number of nitrogens with one attached hydrogen (secondary N) is 2. The van der Waals surface area contributed by atoms with Gasteiger partial charge in [0.25, 0.3) is 5.91 Å². The number of carbonyl (C=O) groups is 4. The van der Waals surface area contributed by atoms with Gasteiger partial charge in [-0.05, 0) is 41.8 Å². The van der Waals surface area contributed by atoms with Gasteiger partial charge in [0.2, 0.25) is 11.8 Å². The SMILES string of the molecule is O=C1CCC(N2Cc3cc(NC(=O)N4Cc5cccc(F)c5C4)ccc3C2=O)C(=O)N1. The predicted octanol–water partition coefficient (Wildman–Crippen LogP) is 2.13. The fraction of sp³-hybridized carbons (Fsp3) is 0.273. The first-order valence-corrected chi connectivity index (χ1v) is 10.0. The van der Waals surface area contributed by atoms with Crippen LogP contribution in [0.2, 0.25) is 0 Å². The van der Waals surface area contributed by atoms with Gasteiger partial charge in [-0.2, -0.15) is 0 Å². The molecule has 0 radical (unpaired) electrons. The number of piperidine rings is 1. The molecule has 8 nitrogen and oxygen atoms in total. The van der Waals surface area contributed by atoms with Crippen LogP contribution in [0.1, 0.15) is 39.9 Å². The molecule has 3 heterocycles. The highest BCUT2D eigenvalue weighted by atomic mass is 19.1. The quantitative estimate of drug-likeness (QED) is 0.725. The lowest BCUT2D eigenvalue weighted by Crippen LogP contribution is -2.52. The molecule has 158 valence electrons. The topological polar surface area (TPSA) is 98.8 Å². The standard InChI is InChI=1S/C22H19FN4O4/c23-17-3-1-2-12-9-26(11-16(12)17)22(31)24-14-4-5-15-13(8-14)10-27(21(15)30)18-6-7-19(28)25-20(18)29/h1-5,8,18H,6-7,9-11H2,(H,24,31)(H,25,28,29). The van der Waals surface area contributed by atoms with Crippen molar-refractivity contribution < 1.29 is 23.6 Å². The average molecular weight is 422 g/mol. The summed E-state index contributed by atoms with van der Waals surface area (Å²) in [4.78, 5) is 51.9. The lowest BCUT2D eigenvalue weighted by atomic mass is 10.0. The molecule has 1 unspecified atom stereocenters. The maximum absolute atomic E-state index is 13.9. The zero-order chi connectivity index (χ0) is 21.7. The van der Waals surface area contributed by atoms with Crippen molar-refractivity contribution in [3.8, 4) is 0 Å². The van der Waals surface area contributed by atoms with Crippen molar-refractivity contribution in [2.75, 3.05) is 5.32 Å². The minimum absolute atomic E-state index is 0.191. The van der Waals surface area contributed by atoms with E-state index in [1.807, 2.05) is 0 Å². The van der Waals surface area contributed by atoms with Gasteiger partial charge in [-0.25, -0.2) is 9.18 Å². The van der Waals surface area contributed by atoms with Gasteiger partial charge in [-0.1, -0.05) is 12.1 Å². The number of carbonyl (C=O) groups excluding carboxylic acids is 4. The maximum atomic E-state index is 13.9. The molecular weight excluding hydrogens is 403 g/mol. The highest BCUT2D eigenvalue weighted by molar-refractivity contribution is 6.05. The number of hydrogen-bond acceptors (Lipinski definition) is 4. The lowest BCUT2D eigenvalue weighted by Gasteiger charge is -2.29. The third-order valence-electron chi connectivity index (χ3n) is 5.99. The number of imide groups is 1. The van der Waals surface area contributed by atoms with Crippen LogP contribution < -0.4 is 10.6 Å². The largest absolute Gasteiger partial charge is 0.322 e. The van der Waals surface area contributed by atoms with Gasteiger partial charge in [0.1, 0.15) is 11.9 Å². The Kier molecular flexibility index (Phi) is 4.46. The van der Waals surface area contributed by atoms with Crippen molar-refractivity contribution >= 4 is 29.4 Å². The van der Waals surface area contributed by atoms with Crippen LogP contribution in [-0.4, -0.2) is 39.6 Å². The molecule has 0 spiro atoms. The molecule has 0 saturated carbocycles. The van der Waals surface area contributed by atoms with Gasteiger partial charge >= 0.3 is 6.03 Å². The minimum atomic E-state index is -0.686. The van der Waals surface area contributed by atoms with Crippen LogP contribution in [0, 0.1) is 5.82 Å². The summed E-state index contributed by atoms with van der Waals surface area (Å²) in [6, 6.07) is 8.73. The number of fused-ring (bicyclic) bond motifs is 2. The Morgan fingerprint density at radius 2 is 1.90 bits per heavy atom. The van der Waals surface area contributed by atoms with E-state index >= 15 is 0 Å². The van der Waals surface area contributed by atoms with Crippen molar-refractivity contribution in [1.82, 2.24) is 15.1 Å². The van der Waals surface area contributed by atoms with E-state index in [2.05, 4.69) is 10.6 Å². The molecule has 0 bridgehead atoms. The second-order valence-corrected chi connectivity index (χ2v) is 7.94. The van der Waals surface area contributed by atoms with Crippen molar-refractivity contribution in [2.45, 2.75) is 38.5 Å². The first-order valence-electron chi connectivity index (χ1n) is 10.0. The van der Waals surface area contributed by atoms with E-state index in [9.17, 15) is 23.6 Å². The summed E-state index contributed by atoms with van der Waals surface area (Å²) in [6.45, 7) is 0.747. The Bertz CT molecular complexity index is 1150. The molecule has 31 heavy (non-hydrogen) atoms. The summed E-state index contributed by atoms with van der Waals surface area (Å²) in [6.07, 6.45) is 0.483. The highest BCUT2D eigenvalue weighted by Crippen LogP contribution is 2.30. The molecule has 2 aromatic carbocycles. The minimum Gasteiger partial charge on any atom is -0.322 e. The summed E-state index contributed by atoms with van der Waals surface area (Å²) < 4.78 is 13.9. The summed E-state index contributed by atoms with van der Waals surface area (Å²) in [5.74, 6) is -1.39. The number of benzene rings is 2. The predicted molar refractivity (Wildman–Crippen MR) is 107 cm³/mol. The van der Waals surface area contributed by atoms with Crippen LogP contribution in [0.3, 0.4) is 0 Å². The molecule has 9 heteroatoms. The molecule has 3 aliphatic heterocycles. The van der Waals surface area contributed by atoms with Crippen LogP contribution in [0.15, 0.2) is 36.4 Å². The smallest absolute Gasteiger partial charge is 0.322 e. The Morgan fingerprint density at radius 1 is 1.06 bits per heavy atom. The van der Waals surface area contributed by atoms with Gasteiger partial charge in [0, 0.05) is 36.3 Å². The maximum Gasteiger partial charge on any atom is 0.322 e. The van der Waals surface area contributed by atoms with E-state index in [0.29, 0.717) is 35.3 Å². The number of halogens is 1. The fourth-order valence-corrected chi connectivity index (χ4v) is 4.38. The number of hydrogen-bond donors (Lipinski definition) is 2. The number of anilines is 1. The molecule has 0 aliphatic carbocycles. The lowest BCUT2D eigenvalue weighted by molar-refractivity contribution is -0.136. The molecule has 3 aliphatic rings. The van der Waals surface area contributed by atoms with E-state index in [-0.39, 0.29) is 43.2 Å². The Labute approximate surface area is 177 Å². The second-order valence-electron chi connectivity index (χ2n) is 7.94. The Balaban J connectivity index is 1.29. The van der Waals surface area contributed by atoms with Gasteiger partial charge in [-0.15, -0.1) is 0 Å². The molecule has 5 rings (SSSR count). The summed E-state index contributed by atoms with van der Waals surface area (Å²) in [7, 11) is 0. The molecule has 2 aromatic rings. The first-order chi connectivity index (χ1) is 14.9. The summed E-state index contributed by atoms with van der Waals surface area (Å²) in [5.41, 5.74) is 2.99. The molecule has 1 saturated heterocycles. The second kappa shape index (κ2) is 7.19. The van der Waals surface area contributed by atoms with Crippen molar-refractivity contribution in [3.63, 3.8) is 0 Å². The molecule has 1 fully saturated rings. The zero-order valence-corrected chi connectivity index (χ0v) is 16.5. The zero-order valence-electron chi connectivity index (χ0n) is 16.5. The number of rotatable bonds is 2. The summed E-state index contributed by atoms with van der Waals surface area (Å²) in [5, 5.41) is 5.08. The van der Waals surface area contributed by atoms with Crippen LogP contribution >= 0.6 is 0 Å². The van der Waals surface area contributed by atoms with Crippen LogP contribution in [0.4, 0.5) is 14.9 Å². The fourth-order valence-electron chi connectivity index (χ4n) is 4.38. The van der Waals surface area contributed by atoms with Crippen LogP contribution in [0.25, 0.3) is 0 Å². The molecule has 5 amide bonds. The molecule has 1 atom stereocenters. The number of nitrogens with zero attached hydrogens (tertiary/aromatic N) is 2. The third kappa shape index (κ3) is 3.31. The number of amides is 5. The van der Waals surface area contributed by atoms with E-state index in [4.69, 9.17) is 0 Å². The summed E-state index contributed by atoms with van der Waals surface area (Å²) >= 11 is 0. The molecular formula is C22H19FN4O4. The van der Waals surface area contributed by atoms with E-state index < -0.39 is 11.9 Å². The van der Waals surface area contributed by atoms with Crippen molar-refractivity contribution in [2.24, 2.45) is 0 Å². The third-order valence-corrected chi connectivity index (χ3v) is 5.99. The van der Waals surface area contributed by atoms with Crippen molar-refractivity contribution in [1.29, 1.82) is 0 Å². The van der Waals surface area contributed by atoms with Gasteiger partial charge in [0.05, 0.1) is 6.54 Å². The molecule has 0 aromatic heterocycles. The van der Waals surface area contributed by atoms with Crippen LogP contribution in [-0.2, 0) is 29.2 Å². The van der Waals surface area contributed by atoms with Gasteiger partial charge in [0.15, 0.2) is 0 Å². The van der Waals surface area contributed by atoms with E-state index in [1.54, 1.807) is 30.3 Å². The Hall–Kier alpha value is -3.75. The van der Waals surface area contributed by atoms with E-state index in [1.165, 1.54) is 15.9 Å². The van der Waals surface area contributed by atoms with Gasteiger partial charge < -0.3 is 15.1 Å². The monoisotopic (exact) mass is 422 g/mol. The number of urea groups is 1.